The molecule has 3 rings (SSSR count). The van der Waals surface area contributed by atoms with Crippen LogP contribution in [0.25, 0.3) is 0 Å². The largest absolute Gasteiger partial charge is 0.345 e. The first-order valence-corrected chi connectivity index (χ1v) is 7.62. The Hall–Kier alpha value is -2.38. The predicted octanol–water partition coefficient (Wildman–Crippen LogP) is -1.37. The number of hydrogen-bond acceptors (Lipinski definition) is 4. The molecule has 0 unspecified atom stereocenters. The molecule has 1 aromatic heterocycles. The Morgan fingerprint density at radius 2 is 1.78 bits per heavy atom. The predicted molar refractivity (Wildman–Crippen MR) is 82.1 cm³/mol. The number of amides is 2. The third kappa shape index (κ3) is 2.38. The van der Waals surface area contributed by atoms with Gasteiger partial charge in [0.2, 0.25) is 5.91 Å². The molecule has 2 fully saturated rings. The molecule has 8 nitrogen and oxygen atoms in total. The molecule has 2 saturated heterocycles. The van der Waals surface area contributed by atoms with Crippen molar-refractivity contribution in [1.29, 1.82) is 0 Å². The number of carbonyl (C=O) groups excluding carboxylic acids is 2. The summed E-state index contributed by atoms with van der Waals surface area (Å²) in [6, 6.07) is 1.18. The first-order valence-electron chi connectivity index (χ1n) is 7.62. The van der Waals surface area contributed by atoms with Crippen molar-refractivity contribution in [3.63, 3.8) is 0 Å². The van der Waals surface area contributed by atoms with Crippen LogP contribution in [0.2, 0.25) is 0 Å². The van der Waals surface area contributed by atoms with Gasteiger partial charge in [0, 0.05) is 46.8 Å². The van der Waals surface area contributed by atoms with Gasteiger partial charge in [0.1, 0.15) is 5.69 Å². The smallest absolute Gasteiger partial charge is 0.331 e. The van der Waals surface area contributed by atoms with Gasteiger partial charge in [-0.25, -0.2) is 4.79 Å². The molecular weight excluding hydrogens is 300 g/mol. The SMILES string of the molecule is CN1CC[C@@H]2CN(C(=O)c3cc(=O)n(C)c(=O)n3C)C[C@@H]2C1=O. The van der Waals surface area contributed by atoms with Crippen molar-refractivity contribution in [2.45, 2.75) is 6.42 Å². The van der Waals surface area contributed by atoms with Gasteiger partial charge in [0.05, 0.1) is 5.92 Å². The zero-order chi connectivity index (χ0) is 16.9. The van der Waals surface area contributed by atoms with Crippen LogP contribution < -0.4 is 11.2 Å². The molecule has 0 N–H and O–H groups in total. The summed E-state index contributed by atoms with van der Waals surface area (Å²) in [6.07, 6.45) is 0.867. The Bertz CT molecular complexity index is 794. The maximum atomic E-state index is 12.7. The summed E-state index contributed by atoms with van der Waals surface area (Å²) in [7, 11) is 4.61. The summed E-state index contributed by atoms with van der Waals surface area (Å²) < 4.78 is 2.14. The second-order valence-electron chi connectivity index (χ2n) is 6.39. The molecule has 23 heavy (non-hydrogen) atoms. The number of likely N-dealkylation sites (tertiary alicyclic amines) is 2. The zero-order valence-electron chi connectivity index (χ0n) is 13.5. The Balaban J connectivity index is 1.90. The molecule has 1 aromatic rings. The summed E-state index contributed by atoms with van der Waals surface area (Å²) in [5.41, 5.74) is -0.977. The highest BCUT2D eigenvalue weighted by Gasteiger charge is 2.43. The van der Waals surface area contributed by atoms with E-state index < -0.39 is 11.2 Å². The molecule has 124 valence electrons. The fourth-order valence-corrected chi connectivity index (χ4v) is 3.46. The summed E-state index contributed by atoms with van der Waals surface area (Å²) in [5, 5.41) is 0. The monoisotopic (exact) mass is 320 g/mol. The molecule has 2 aliphatic rings. The van der Waals surface area contributed by atoms with Crippen molar-refractivity contribution in [3.05, 3.63) is 32.6 Å². The zero-order valence-corrected chi connectivity index (χ0v) is 13.5. The van der Waals surface area contributed by atoms with Crippen molar-refractivity contribution in [1.82, 2.24) is 18.9 Å². The second kappa shape index (κ2) is 5.36. The standard InChI is InChI=1S/C15H20N4O4/c1-16-5-4-9-7-19(8-10(9)13(16)21)14(22)11-6-12(20)18(3)15(23)17(11)2/h6,9-10H,4-5,7-8H2,1-3H3/t9-,10+/m1/s1. The Morgan fingerprint density at radius 1 is 1.09 bits per heavy atom. The van der Waals surface area contributed by atoms with Gasteiger partial charge in [-0.05, 0) is 12.3 Å². The van der Waals surface area contributed by atoms with E-state index in [-0.39, 0.29) is 29.3 Å². The number of aromatic nitrogens is 2. The molecule has 0 spiro atoms. The maximum Gasteiger partial charge on any atom is 0.331 e. The van der Waals surface area contributed by atoms with Crippen LogP contribution in [0.3, 0.4) is 0 Å². The van der Waals surface area contributed by atoms with E-state index in [2.05, 4.69) is 0 Å². The number of rotatable bonds is 1. The Morgan fingerprint density at radius 3 is 2.48 bits per heavy atom. The lowest BCUT2D eigenvalue weighted by atomic mass is 9.88. The van der Waals surface area contributed by atoms with Crippen LogP contribution in [0, 0.1) is 11.8 Å². The number of fused-ring (bicyclic) bond motifs is 1. The normalized spacial score (nSPS) is 24.0. The Kier molecular flexibility index (Phi) is 3.62. The van der Waals surface area contributed by atoms with Gasteiger partial charge < -0.3 is 9.80 Å². The number of piperidine rings is 1. The average Bonchev–Trinajstić information content (AvgIpc) is 2.97. The van der Waals surface area contributed by atoms with Crippen molar-refractivity contribution in [2.24, 2.45) is 25.9 Å². The number of nitrogens with zero attached hydrogens (tertiary/aromatic N) is 4. The summed E-state index contributed by atoms with van der Waals surface area (Å²) in [6.45, 7) is 1.54. The fraction of sp³-hybridized carbons (Fsp3) is 0.600. The van der Waals surface area contributed by atoms with Gasteiger partial charge in [-0.15, -0.1) is 0 Å². The van der Waals surface area contributed by atoms with Crippen molar-refractivity contribution in [3.8, 4) is 0 Å². The lowest BCUT2D eigenvalue weighted by Crippen LogP contribution is -2.43. The Labute approximate surface area is 132 Å². The molecule has 2 aliphatic heterocycles. The van der Waals surface area contributed by atoms with Crippen LogP contribution in [0.5, 0.6) is 0 Å². The summed E-state index contributed by atoms with van der Waals surface area (Å²) >= 11 is 0. The van der Waals surface area contributed by atoms with Gasteiger partial charge in [0.15, 0.2) is 0 Å². The molecule has 0 aliphatic carbocycles. The van der Waals surface area contributed by atoms with Crippen LogP contribution in [0.1, 0.15) is 16.9 Å². The van der Waals surface area contributed by atoms with Crippen LogP contribution in [0.15, 0.2) is 15.7 Å². The molecular formula is C15H20N4O4. The van der Waals surface area contributed by atoms with Crippen LogP contribution in [0.4, 0.5) is 0 Å². The second-order valence-corrected chi connectivity index (χ2v) is 6.39. The highest BCUT2D eigenvalue weighted by atomic mass is 16.2. The molecule has 0 bridgehead atoms. The first kappa shape index (κ1) is 15.5. The van der Waals surface area contributed by atoms with Crippen molar-refractivity contribution >= 4 is 11.8 Å². The van der Waals surface area contributed by atoms with Gasteiger partial charge in [-0.3, -0.25) is 23.5 Å². The quantitative estimate of drug-likeness (QED) is 0.639. The average molecular weight is 320 g/mol. The lowest BCUT2D eigenvalue weighted by Gasteiger charge is -2.30. The molecule has 0 saturated carbocycles. The molecule has 0 aromatic carbocycles. The maximum absolute atomic E-state index is 12.7. The minimum atomic E-state index is -0.534. The number of hydrogen-bond donors (Lipinski definition) is 0. The molecule has 8 heteroatoms. The van der Waals surface area contributed by atoms with Crippen molar-refractivity contribution < 1.29 is 9.59 Å². The topological polar surface area (TPSA) is 84.6 Å². The third-order valence-electron chi connectivity index (χ3n) is 5.00. The van der Waals surface area contributed by atoms with Crippen LogP contribution in [-0.4, -0.2) is 57.4 Å². The minimum absolute atomic E-state index is 0.0643. The van der Waals surface area contributed by atoms with Gasteiger partial charge in [-0.2, -0.15) is 0 Å². The van der Waals surface area contributed by atoms with Crippen LogP contribution >= 0.6 is 0 Å². The summed E-state index contributed by atoms with van der Waals surface area (Å²) in [5.74, 6) is -0.325. The van der Waals surface area contributed by atoms with Crippen LogP contribution in [-0.2, 0) is 18.9 Å². The van der Waals surface area contributed by atoms with Gasteiger partial charge >= 0.3 is 5.69 Å². The van der Waals surface area contributed by atoms with E-state index in [0.29, 0.717) is 19.6 Å². The van der Waals surface area contributed by atoms with Gasteiger partial charge in [-0.1, -0.05) is 0 Å². The molecule has 2 amide bonds. The van der Waals surface area contributed by atoms with Gasteiger partial charge in [0.25, 0.3) is 11.5 Å². The number of carbonyl (C=O) groups is 2. The minimum Gasteiger partial charge on any atom is -0.345 e. The van der Waals surface area contributed by atoms with E-state index in [0.717, 1.165) is 11.0 Å². The van der Waals surface area contributed by atoms with Crippen molar-refractivity contribution in [2.75, 3.05) is 26.7 Å². The van der Waals surface area contributed by atoms with E-state index in [9.17, 15) is 19.2 Å². The molecule has 3 heterocycles. The summed E-state index contributed by atoms with van der Waals surface area (Å²) in [4.78, 5) is 52.0. The lowest BCUT2D eigenvalue weighted by molar-refractivity contribution is -0.137. The molecule has 0 radical (unpaired) electrons. The highest BCUT2D eigenvalue weighted by Crippen LogP contribution is 2.32. The van der Waals surface area contributed by atoms with E-state index in [1.165, 1.54) is 24.7 Å². The highest BCUT2D eigenvalue weighted by molar-refractivity contribution is 5.93. The molecule has 2 atom stereocenters. The van der Waals surface area contributed by atoms with E-state index in [1.807, 2.05) is 0 Å². The van der Waals surface area contributed by atoms with E-state index >= 15 is 0 Å². The van der Waals surface area contributed by atoms with E-state index in [4.69, 9.17) is 0 Å². The fourth-order valence-electron chi connectivity index (χ4n) is 3.46. The third-order valence-corrected chi connectivity index (χ3v) is 5.00. The first-order chi connectivity index (χ1) is 10.8. The van der Waals surface area contributed by atoms with E-state index in [1.54, 1.807) is 16.8 Å².